The van der Waals surface area contributed by atoms with Crippen molar-refractivity contribution in [3.05, 3.63) is 35.1 Å². The standard InChI is InChI=1S/C17H20N4O3/c1-11(12-4-5-12)21(14-6-7-14)15(22)10-20-16(19-24-17(20)23)13-3-2-8-18-9-13/h2-3,8-9,11-12,14H,4-7,10H2,1H3. The van der Waals surface area contributed by atoms with Gasteiger partial charge in [0.1, 0.15) is 6.54 Å². The second kappa shape index (κ2) is 5.89. The summed E-state index contributed by atoms with van der Waals surface area (Å²) in [7, 11) is 0. The molecule has 0 N–H and O–H groups in total. The first kappa shape index (κ1) is 15.1. The van der Waals surface area contributed by atoms with Crippen molar-refractivity contribution in [3.8, 4) is 11.4 Å². The van der Waals surface area contributed by atoms with Crippen LogP contribution >= 0.6 is 0 Å². The smallest absolute Gasteiger partial charge is 0.335 e. The van der Waals surface area contributed by atoms with Crippen molar-refractivity contribution >= 4 is 5.91 Å². The van der Waals surface area contributed by atoms with Crippen molar-refractivity contribution in [2.45, 2.75) is 51.2 Å². The van der Waals surface area contributed by atoms with Gasteiger partial charge in [0.25, 0.3) is 0 Å². The van der Waals surface area contributed by atoms with Gasteiger partial charge in [-0.25, -0.2) is 9.36 Å². The lowest BCUT2D eigenvalue weighted by Gasteiger charge is -2.29. The van der Waals surface area contributed by atoms with Gasteiger partial charge in [0.2, 0.25) is 5.91 Å². The minimum absolute atomic E-state index is 0.0349. The molecule has 2 fully saturated rings. The zero-order valence-corrected chi connectivity index (χ0v) is 13.6. The van der Waals surface area contributed by atoms with Crippen molar-refractivity contribution in [1.29, 1.82) is 0 Å². The second-order valence-electron chi connectivity index (χ2n) is 6.71. The molecule has 2 aliphatic rings. The Labute approximate surface area is 139 Å². The van der Waals surface area contributed by atoms with Crippen LogP contribution in [0.4, 0.5) is 0 Å². The number of aromatic nitrogens is 3. The monoisotopic (exact) mass is 328 g/mol. The summed E-state index contributed by atoms with van der Waals surface area (Å²) in [6.45, 7) is 2.08. The Morgan fingerprint density at radius 3 is 2.83 bits per heavy atom. The van der Waals surface area contributed by atoms with Crippen LogP contribution in [-0.4, -0.2) is 37.6 Å². The van der Waals surface area contributed by atoms with Crippen molar-refractivity contribution in [2.75, 3.05) is 0 Å². The summed E-state index contributed by atoms with van der Waals surface area (Å²) in [6, 6.07) is 4.11. The summed E-state index contributed by atoms with van der Waals surface area (Å²) < 4.78 is 6.09. The third-order valence-corrected chi connectivity index (χ3v) is 4.87. The largest absolute Gasteiger partial charge is 0.442 e. The molecule has 0 aliphatic heterocycles. The first-order valence-electron chi connectivity index (χ1n) is 8.43. The maximum Gasteiger partial charge on any atom is 0.442 e. The van der Waals surface area contributed by atoms with Crippen LogP contribution in [0.3, 0.4) is 0 Å². The number of amides is 1. The van der Waals surface area contributed by atoms with Crippen LogP contribution in [0.25, 0.3) is 11.4 Å². The Bertz CT molecular complexity index is 790. The van der Waals surface area contributed by atoms with Crippen molar-refractivity contribution in [2.24, 2.45) is 5.92 Å². The van der Waals surface area contributed by atoms with Gasteiger partial charge in [0.05, 0.1) is 0 Å². The molecule has 126 valence electrons. The summed E-state index contributed by atoms with van der Waals surface area (Å²) in [5, 5.41) is 3.82. The summed E-state index contributed by atoms with van der Waals surface area (Å²) in [6.07, 6.45) is 7.72. The van der Waals surface area contributed by atoms with Crippen molar-refractivity contribution in [3.63, 3.8) is 0 Å². The Kier molecular flexibility index (Phi) is 3.70. The van der Waals surface area contributed by atoms with Crippen molar-refractivity contribution in [1.82, 2.24) is 19.6 Å². The first-order valence-corrected chi connectivity index (χ1v) is 8.43. The van der Waals surface area contributed by atoms with Gasteiger partial charge in [-0.1, -0.05) is 5.16 Å². The predicted octanol–water partition coefficient (Wildman–Crippen LogP) is 1.69. The van der Waals surface area contributed by atoms with E-state index in [0.717, 1.165) is 12.8 Å². The third kappa shape index (κ3) is 2.86. The number of rotatable bonds is 6. The fraction of sp³-hybridized carbons (Fsp3) is 0.529. The molecule has 0 bridgehead atoms. The molecular formula is C17H20N4O3. The van der Waals surface area contributed by atoms with E-state index < -0.39 is 5.76 Å². The molecule has 1 unspecified atom stereocenters. The minimum Gasteiger partial charge on any atom is -0.335 e. The van der Waals surface area contributed by atoms with E-state index in [9.17, 15) is 9.59 Å². The maximum atomic E-state index is 12.9. The molecule has 4 rings (SSSR count). The van der Waals surface area contributed by atoms with E-state index in [4.69, 9.17) is 4.52 Å². The van der Waals surface area contributed by atoms with Gasteiger partial charge in [-0.2, -0.15) is 0 Å². The highest BCUT2D eigenvalue weighted by atomic mass is 16.5. The molecule has 0 aromatic carbocycles. The zero-order chi connectivity index (χ0) is 16.7. The lowest BCUT2D eigenvalue weighted by molar-refractivity contribution is -0.135. The molecule has 0 spiro atoms. The molecule has 7 heteroatoms. The number of hydrogen-bond acceptors (Lipinski definition) is 5. The Hall–Kier alpha value is -2.44. The molecule has 2 heterocycles. The summed E-state index contributed by atoms with van der Waals surface area (Å²) in [5.74, 6) is 0.298. The summed E-state index contributed by atoms with van der Waals surface area (Å²) >= 11 is 0. The molecule has 2 aromatic heterocycles. The SMILES string of the molecule is CC(C1CC1)N(C(=O)Cn1c(-c2cccnc2)noc1=O)C1CC1. The fourth-order valence-electron chi connectivity index (χ4n) is 3.25. The van der Waals surface area contributed by atoms with Crippen LogP contribution in [-0.2, 0) is 11.3 Å². The highest BCUT2D eigenvalue weighted by Gasteiger charge is 2.41. The highest BCUT2D eigenvalue weighted by Crippen LogP contribution is 2.39. The number of carbonyl (C=O) groups is 1. The zero-order valence-electron chi connectivity index (χ0n) is 13.6. The van der Waals surface area contributed by atoms with E-state index in [1.54, 1.807) is 24.5 Å². The van der Waals surface area contributed by atoms with E-state index in [2.05, 4.69) is 17.1 Å². The van der Waals surface area contributed by atoms with Gasteiger partial charge in [0.15, 0.2) is 5.82 Å². The number of carbonyl (C=O) groups excluding carboxylic acids is 1. The molecule has 1 amide bonds. The molecule has 2 saturated carbocycles. The molecule has 2 aromatic rings. The Balaban J connectivity index is 1.59. The van der Waals surface area contributed by atoms with Gasteiger partial charge in [-0.15, -0.1) is 0 Å². The van der Waals surface area contributed by atoms with E-state index >= 15 is 0 Å². The summed E-state index contributed by atoms with van der Waals surface area (Å²) in [4.78, 5) is 30.9. The minimum atomic E-state index is -0.614. The summed E-state index contributed by atoms with van der Waals surface area (Å²) in [5.41, 5.74) is 0.657. The maximum absolute atomic E-state index is 12.9. The van der Waals surface area contributed by atoms with Crippen LogP contribution in [0.1, 0.15) is 32.6 Å². The van der Waals surface area contributed by atoms with Crippen molar-refractivity contribution < 1.29 is 9.32 Å². The van der Waals surface area contributed by atoms with E-state index in [0.29, 0.717) is 23.3 Å². The van der Waals surface area contributed by atoms with Gasteiger partial charge in [0, 0.05) is 30.0 Å². The molecule has 24 heavy (non-hydrogen) atoms. The quantitative estimate of drug-likeness (QED) is 0.806. The lowest BCUT2D eigenvalue weighted by atomic mass is 10.1. The average molecular weight is 328 g/mol. The first-order chi connectivity index (χ1) is 11.6. The second-order valence-corrected chi connectivity index (χ2v) is 6.71. The molecular weight excluding hydrogens is 308 g/mol. The number of hydrogen-bond donors (Lipinski definition) is 0. The molecule has 0 saturated heterocycles. The van der Waals surface area contributed by atoms with Gasteiger partial charge < -0.3 is 4.90 Å². The van der Waals surface area contributed by atoms with Gasteiger partial charge in [-0.3, -0.25) is 14.3 Å². The van der Waals surface area contributed by atoms with E-state index in [1.165, 1.54) is 17.4 Å². The fourth-order valence-corrected chi connectivity index (χ4v) is 3.25. The Morgan fingerprint density at radius 2 is 2.21 bits per heavy atom. The predicted molar refractivity (Wildman–Crippen MR) is 86.0 cm³/mol. The molecule has 0 radical (unpaired) electrons. The Morgan fingerprint density at radius 1 is 1.42 bits per heavy atom. The van der Waals surface area contributed by atoms with Crippen LogP contribution in [0.5, 0.6) is 0 Å². The van der Waals surface area contributed by atoms with Crippen LogP contribution < -0.4 is 5.76 Å². The van der Waals surface area contributed by atoms with E-state index in [1.807, 2.05) is 4.90 Å². The molecule has 7 nitrogen and oxygen atoms in total. The lowest BCUT2D eigenvalue weighted by Crippen LogP contribution is -2.44. The van der Waals surface area contributed by atoms with E-state index in [-0.39, 0.29) is 18.5 Å². The van der Waals surface area contributed by atoms with Crippen LogP contribution in [0.15, 0.2) is 33.8 Å². The third-order valence-electron chi connectivity index (χ3n) is 4.87. The van der Waals surface area contributed by atoms with Crippen LogP contribution in [0.2, 0.25) is 0 Å². The molecule has 2 aliphatic carbocycles. The molecule has 1 atom stereocenters. The normalized spacial score (nSPS) is 18.4. The topological polar surface area (TPSA) is 81.2 Å². The van der Waals surface area contributed by atoms with Gasteiger partial charge >= 0.3 is 5.76 Å². The van der Waals surface area contributed by atoms with Crippen LogP contribution in [0, 0.1) is 5.92 Å². The average Bonchev–Trinajstić information content (AvgIpc) is 3.48. The highest BCUT2D eigenvalue weighted by molar-refractivity contribution is 5.77. The number of nitrogens with zero attached hydrogens (tertiary/aromatic N) is 4. The number of pyridine rings is 1. The van der Waals surface area contributed by atoms with Gasteiger partial charge in [-0.05, 0) is 50.7 Å².